The van der Waals surface area contributed by atoms with Gasteiger partial charge in [0.2, 0.25) is 0 Å². The lowest BCUT2D eigenvalue weighted by atomic mass is 10.4. The molecule has 2 aromatic heterocycles. The summed E-state index contributed by atoms with van der Waals surface area (Å²) in [7, 11) is 0. The zero-order valence-corrected chi connectivity index (χ0v) is 10.5. The van der Waals surface area contributed by atoms with Crippen LogP contribution in [0.3, 0.4) is 0 Å². The van der Waals surface area contributed by atoms with E-state index in [9.17, 15) is 0 Å². The van der Waals surface area contributed by atoms with Gasteiger partial charge in [-0.1, -0.05) is 11.3 Å². The van der Waals surface area contributed by atoms with Crippen molar-refractivity contribution in [3.05, 3.63) is 10.8 Å². The van der Waals surface area contributed by atoms with Crippen LogP contribution in [0.2, 0.25) is 0 Å². The second-order valence-corrected chi connectivity index (χ2v) is 6.81. The van der Waals surface area contributed by atoms with Gasteiger partial charge in [-0.25, -0.2) is 4.98 Å². The summed E-state index contributed by atoms with van der Waals surface area (Å²) in [6.45, 7) is 1.96. The zero-order chi connectivity index (χ0) is 10.3. The van der Waals surface area contributed by atoms with Gasteiger partial charge < -0.3 is 0 Å². The van der Waals surface area contributed by atoms with Crippen molar-refractivity contribution >= 4 is 34.6 Å². The largest absolute Gasteiger partial charge is 0.212 e. The molecule has 0 atom stereocenters. The molecule has 15 heavy (non-hydrogen) atoms. The first-order valence-electron chi connectivity index (χ1n) is 4.63. The third kappa shape index (κ3) is 2.19. The van der Waals surface area contributed by atoms with Crippen LogP contribution >= 0.6 is 34.6 Å². The molecule has 0 radical (unpaired) electrons. The quantitative estimate of drug-likeness (QED) is 0.845. The third-order valence-electron chi connectivity index (χ3n) is 2.05. The Kier molecular flexibility index (Phi) is 2.45. The second-order valence-electron chi connectivity index (χ2n) is 3.38. The van der Waals surface area contributed by atoms with E-state index in [1.165, 1.54) is 24.4 Å². The Hall–Kier alpha value is -0.530. The number of aromatic nitrogens is 4. The number of aryl methyl sites for hydroxylation is 1. The minimum atomic E-state index is 0.631. The molecule has 1 saturated carbocycles. The van der Waals surface area contributed by atoms with Crippen molar-refractivity contribution in [1.29, 1.82) is 0 Å². The van der Waals surface area contributed by atoms with Crippen molar-refractivity contribution in [2.75, 3.05) is 0 Å². The van der Waals surface area contributed by atoms with E-state index in [1.807, 2.05) is 6.92 Å². The summed E-state index contributed by atoms with van der Waals surface area (Å²) < 4.78 is 6.28. The first kappa shape index (κ1) is 9.68. The van der Waals surface area contributed by atoms with Crippen LogP contribution in [-0.4, -0.2) is 19.6 Å². The maximum absolute atomic E-state index is 4.49. The van der Waals surface area contributed by atoms with Gasteiger partial charge in [0.05, 0.1) is 0 Å². The molecule has 0 aromatic carbocycles. The zero-order valence-electron chi connectivity index (χ0n) is 8.01. The molecule has 0 saturated heterocycles. The maximum atomic E-state index is 4.49. The summed E-state index contributed by atoms with van der Waals surface area (Å²) in [5, 5.41) is 9.01. The average molecular weight is 256 g/mol. The lowest BCUT2D eigenvalue weighted by Crippen LogP contribution is -1.80. The summed E-state index contributed by atoms with van der Waals surface area (Å²) in [6, 6.07) is 0. The molecule has 1 fully saturated rings. The molecular formula is C8H8N4S3. The fraction of sp³-hybridized carbons (Fsp3) is 0.500. The number of rotatable bonds is 3. The molecule has 0 unspecified atom stereocenters. The van der Waals surface area contributed by atoms with Crippen molar-refractivity contribution in [2.45, 2.75) is 34.4 Å². The molecule has 0 amide bonds. The molecule has 4 nitrogen and oxygen atoms in total. The number of nitrogens with zero attached hydrogens (tertiary/aromatic N) is 4. The van der Waals surface area contributed by atoms with E-state index in [0.717, 1.165) is 19.5 Å². The normalized spacial score (nSPS) is 15.8. The molecule has 0 aliphatic heterocycles. The van der Waals surface area contributed by atoms with Gasteiger partial charge in [-0.15, -0.1) is 10.2 Å². The topological polar surface area (TPSA) is 51.6 Å². The highest BCUT2D eigenvalue weighted by Crippen LogP contribution is 2.40. The first-order chi connectivity index (χ1) is 7.31. The van der Waals surface area contributed by atoms with Crippen LogP contribution in [0.15, 0.2) is 8.68 Å². The fourth-order valence-corrected chi connectivity index (χ4v) is 3.87. The van der Waals surface area contributed by atoms with E-state index in [0.29, 0.717) is 5.92 Å². The van der Waals surface area contributed by atoms with E-state index in [1.54, 1.807) is 23.1 Å². The van der Waals surface area contributed by atoms with E-state index in [2.05, 4.69) is 19.6 Å². The Morgan fingerprint density at radius 1 is 1.27 bits per heavy atom. The van der Waals surface area contributed by atoms with Crippen LogP contribution < -0.4 is 0 Å². The molecule has 78 valence electrons. The summed E-state index contributed by atoms with van der Waals surface area (Å²) in [6.07, 6.45) is 2.50. The van der Waals surface area contributed by atoms with Crippen molar-refractivity contribution < 1.29 is 0 Å². The van der Waals surface area contributed by atoms with Gasteiger partial charge in [-0.2, -0.15) is 4.37 Å². The molecule has 2 aromatic rings. The van der Waals surface area contributed by atoms with Crippen LogP contribution in [-0.2, 0) is 0 Å². The average Bonchev–Trinajstić information content (AvgIpc) is 2.84. The first-order valence-corrected chi connectivity index (χ1v) is 7.03. The van der Waals surface area contributed by atoms with E-state index in [-0.39, 0.29) is 0 Å². The number of hydrogen-bond acceptors (Lipinski definition) is 7. The van der Waals surface area contributed by atoms with Gasteiger partial charge in [-0.05, 0) is 43.1 Å². The van der Waals surface area contributed by atoms with Gasteiger partial charge in [0.1, 0.15) is 10.8 Å². The van der Waals surface area contributed by atoms with E-state index < -0.39 is 0 Å². The lowest BCUT2D eigenvalue weighted by molar-refractivity contribution is 0.954. The molecule has 0 spiro atoms. The van der Waals surface area contributed by atoms with Crippen LogP contribution in [0.1, 0.15) is 29.6 Å². The molecule has 1 aliphatic carbocycles. The van der Waals surface area contributed by atoms with Crippen LogP contribution in [0.25, 0.3) is 0 Å². The maximum Gasteiger partial charge on any atom is 0.181 e. The predicted molar refractivity (Wildman–Crippen MR) is 60.7 cm³/mol. The Morgan fingerprint density at radius 2 is 2.13 bits per heavy atom. The van der Waals surface area contributed by atoms with Gasteiger partial charge in [0, 0.05) is 5.92 Å². The van der Waals surface area contributed by atoms with Crippen molar-refractivity contribution in [3.63, 3.8) is 0 Å². The summed E-state index contributed by atoms with van der Waals surface area (Å²) in [4.78, 5) is 4.49. The smallest absolute Gasteiger partial charge is 0.181 e. The molecule has 2 heterocycles. The Morgan fingerprint density at radius 3 is 2.80 bits per heavy atom. The molecule has 1 aliphatic rings. The van der Waals surface area contributed by atoms with Gasteiger partial charge in [-0.3, -0.25) is 0 Å². The highest BCUT2D eigenvalue weighted by molar-refractivity contribution is 8.02. The summed E-state index contributed by atoms with van der Waals surface area (Å²) in [5.74, 6) is 1.65. The van der Waals surface area contributed by atoms with Crippen molar-refractivity contribution in [3.8, 4) is 0 Å². The molecule has 0 N–H and O–H groups in total. The van der Waals surface area contributed by atoms with Gasteiger partial charge in [0.25, 0.3) is 0 Å². The Bertz CT molecular complexity index is 474. The van der Waals surface area contributed by atoms with Crippen LogP contribution in [0.4, 0.5) is 0 Å². The predicted octanol–water partition coefficient (Wildman–Crippen LogP) is 2.73. The van der Waals surface area contributed by atoms with E-state index >= 15 is 0 Å². The third-order valence-corrected chi connectivity index (χ3v) is 4.70. The van der Waals surface area contributed by atoms with Crippen molar-refractivity contribution in [2.24, 2.45) is 0 Å². The van der Waals surface area contributed by atoms with Crippen LogP contribution in [0, 0.1) is 6.92 Å². The SMILES string of the molecule is Cc1nnc(Sc2nc(C3CC3)ns2)s1. The van der Waals surface area contributed by atoms with Gasteiger partial charge >= 0.3 is 0 Å². The van der Waals surface area contributed by atoms with Gasteiger partial charge in [0.15, 0.2) is 8.68 Å². The van der Waals surface area contributed by atoms with Crippen molar-refractivity contribution in [1.82, 2.24) is 19.6 Å². The summed E-state index contributed by atoms with van der Waals surface area (Å²) in [5.41, 5.74) is 0. The highest BCUT2D eigenvalue weighted by atomic mass is 32.2. The summed E-state index contributed by atoms with van der Waals surface area (Å²) >= 11 is 4.62. The lowest BCUT2D eigenvalue weighted by Gasteiger charge is -1.86. The molecular weight excluding hydrogens is 248 g/mol. The van der Waals surface area contributed by atoms with Crippen LogP contribution in [0.5, 0.6) is 0 Å². The standard InChI is InChI=1S/C8H8N4S3/c1-4-10-11-8(13-4)14-7-9-6(12-15-7)5-2-3-5/h5H,2-3H2,1H3. The van der Waals surface area contributed by atoms with E-state index in [4.69, 9.17) is 0 Å². The number of hydrogen-bond donors (Lipinski definition) is 0. The molecule has 0 bridgehead atoms. The highest BCUT2D eigenvalue weighted by Gasteiger charge is 2.28. The second kappa shape index (κ2) is 3.80. The minimum absolute atomic E-state index is 0.631. The molecule has 3 rings (SSSR count). The Labute approximate surface area is 99.3 Å². The Balaban J connectivity index is 1.75. The fourth-order valence-electron chi connectivity index (χ4n) is 1.16. The monoisotopic (exact) mass is 256 g/mol. The molecule has 7 heteroatoms. The minimum Gasteiger partial charge on any atom is -0.212 e.